The lowest BCUT2D eigenvalue weighted by Crippen LogP contribution is -2.21. The lowest BCUT2D eigenvalue weighted by molar-refractivity contribution is -0.138. The summed E-state index contributed by atoms with van der Waals surface area (Å²) in [5, 5.41) is 3.01. The molecule has 21 heavy (non-hydrogen) atoms. The maximum Gasteiger partial charge on any atom is 0.416 e. The van der Waals surface area contributed by atoms with Crippen molar-refractivity contribution in [2.45, 2.75) is 39.7 Å². The van der Waals surface area contributed by atoms with Crippen LogP contribution in [-0.4, -0.2) is 26.0 Å². The Morgan fingerprint density at radius 2 is 1.76 bits per heavy atom. The summed E-state index contributed by atoms with van der Waals surface area (Å²) < 4.78 is 48.8. The van der Waals surface area contributed by atoms with E-state index in [2.05, 4.69) is 5.32 Å². The van der Waals surface area contributed by atoms with Crippen LogP contribution >= 0.6 is 0 Å². The van der Waals surface area contributed by atoms with Crippen LogP contribution in [0.4, 0.5) is 18.9 Å². The molecule has 0 aliphatic heterocycles. The molecule has 120 valence electrons. The second-order valence-electron chi connectivity index (χ2n) is 4.58. The molecule has 0 aliphatic carbocycles. The highest BCUT2D eigenvalue weighted by molar-refractivity contribution is 5.53. The molecular formula is C15H22F3NO2. The van der Waals surface area contributed by atoms with Gasteiger partial charge in [-0.1, -0.05) is 6.07 Å². The van der Waals surface area contributed by atoms with Crippen LogP contribution in [0.3, 0.4) is 0 Å². The van der Waals surface area contributed by atoms with Crippen molar-refractivity contribution in [3.8, 4) is 0 Å². The number of nitrogens with one attached hydrogen (secondary N) is 1. The van der Waals surface area contributed by atoms with Crippen LogP contribution in [0.1, 0.15) is 31.4 Å². The van der Waals surface area contributed by atoms with Crippen molar-refractivity contribution in [1.82, 2.24) is 0 Å². The first-order chi connectivity index (χ1) is 9.88. The first-order valence-electron chi connectivity index (χ1n) is 7.03. The monoisotopic (exact) mass is 305 g/mol. The normalized spacial score (nSPS) is 12.0. The zero-order valence-electron chi connectivity index (χ0n) is 12.6. The summed E-state index contributed by atoms with van der Waals surface area (Å²) in [6.45, 7) is 7.06. The van der Waals surface area contributed by atoms with Crippen molar-refractivity contribution in [3.05, 3.63) is 29.3 Å². The number of alkyl halides is 3. The molecule has 0 spiro atoms. The van der Waals surface area contributed by atoms with E-state index in [0.717, 1.165) is 17.7 Å². The highest BCUT2D eigenvalue weighted by Crippen LogP contribution is 2.32. The van der Waals surface area contributed by atoms with Gasteiger partial charge in [-0.05, 0) is 38.5 Å². The topological polar surface area (TPSA) is 30.5 Å². The Balaban J connectivity index is 2.62. The Morgan fingerprint density at radius 1 is 1.14 bits per heavy atom. The molecule has 0 atom stereocenters. The highest BCUT2D eigenvalue weighted by Gasteiger charge is 2.30. The van der Waals surface area contributed by atoms with Crippen LogP contribution in [0, 0.1) is 6.92 Å². The van der Waals surface area contributed by atoms with Gasteiger partial charge in [0.05, 0.1) is 5.56 Å². The third kappa shape index (κ3) is 5.93. The molecule has 6 heteroatoms. The van der Waals surface area contributed by atoms with E-state index in [1.165, 1.54) is 6.07 Å². The Bertz CT molecular complexity index is 429. The summed E-state index contributed by atoms with van der Waals surface area (Å²) >= 11 is 0. The standard InChI is InChI=1S/C15H22F3NO2/c1-4-20-14(21-5-2)8-9-19-13-10-12(15(16,17)18)7-6-11(13)3/h6-7,10,14,19H,4-5,8-9H2,1-3H3. The Kier molecular flexibility index (Phi) is 6.98. The number of hydrogen-bond donors (Lipinski definition) is 1. The van der Waals surface area contributed by atoms with Gasteiger partial charge >= 0.3 is 6.18 Å². The summed E-state index contributed by atoms with van der Waals surface area (Å²) in [4.78, 5) is 0. The lowest BCUT2D eigenvalue weighted by Gasteiger charge is -2.18. The van der Waals surface area contributed by atoms with Gasteiger partial charge in [0, 0.05) is 31.9 Å². The van der Waals surface area contributed by atoms with E-state index in [4.69, 9.17) is 9.47 Å². The molecule has 1 aromatic rings. The summed E-state index contributed by atoms with van der Waals surface area (Å²) in [6, 6.07) is 3.68. The van der Waals surface area contributed by atoms with Gasteiger partial charge in [0.2, 0.25) is 0 Å². The van der Waals surface area contributed by atoms with Crippen LogP contribution in [0.5, 0.6) is 0 Å². The summed E-state index contributed by atoms with van der Waals surface area (Å²) in [5.74, 6) is 0. The molecule has 1 rings (SSSR count). The fourth-order valence-electron chi connectivity index (χ4n) is 1.90. The van der Waals surface area contributed by atoms with Gasteiger partial charge < -0.3 is 14.8 Å². The molecule has 0 unspecified atom stereocenters. The number of hydrogen-bond acceptors (Lipinski definition) is 3. The molecule has 3 nitrogen and oxygen atoms in total. The molecular weight excluding hydrogens is 283 g/mol. The van der Waals surface area contributed by atoms with Gasteiger partial charge in [0.1, 0.15) is 0 Å². The first-order valence-corrected chi connectivity index (χ1v) is 7.03. The lowest BCUT2D eigenvalue weighted by atomic mass is 10.1. The van der Waals surface area contributed by atoms with Crippen LogP contribution < -0.4 is 5.32 Å². The average molecular weight is 305 g/mol. The van der Waals surface area contributed by atoms with E-state index in [1.54, 1.807) is 6.92 Å². The van der Waals surface area contributed by atoms with Crippen molar-refractivity contribution in [2.75, 3.05) is 25.1 Å². The zero-order chi connectivity index (χ0) is 15.9. The van der Waals surface area contributed by atoms with Crippen LogP contribution in [0.25, 0.3) is 0 Å². The van der Waals surface area contributed by atoms with Gasteiger partial charge in [-0.2, -0.15) is 13.2 Å². The van der Waals surface area contributed by atoms with E-state index < -0.39 is 11.7 Å². The quantitative estimate of drug-likeness (QED) is 0.730. The van der Waals surface area contributed by atoms with Gasteiger partial charge in [0.25, 0.3) is 0 Å². The summed E-state index contributed by atoms with van der Waals surface area (Å²) in [5.41, 5.74) is 0.603. The predicted octanol–water partition coefficient (Wildman–Crippen LogP) is 4.21. The van der Waals surface area contributed by atoms with E-state index >= 15 is 0 Å². The first kappa shape index (κ1) is 17.8. The largest absolute Gasteiger partial charge is 0.416 e. The molecule has 0 amide bonds. The molecule has 1 aromatic carbocycles. The van der Waals surface area contributed by atoms with Crippen LogP contribution in [0.15, 0.2) is 18.2 Å². The average Bonchev–Trinajstić information content (AvgIpc) is 2.40. The minimum atomic E-state index is -4.33. The Morgan fingerprint density at radius 3 is 2.29 bits per heavy atom. The fourth-order valence-corrected chi connectivity index (χ4v) is 1.90. The fraction of sp³-hybridized carbons (Fsp3) is 0.600. The van der Waals surface area contributed by atoms with Crippen molar-refractivity contribution in [2.24, 2.45) is 0 Å². The molecule has 0 aromatic heterocycles. The molecule has 0 radical (unpaired) electrons. The molecule has 0 bridgehead atoms. The van der Waals surface area contributed by atoms with Gasteiger partial charge in [0.15, 0.2) is 6.29 Å². The predicted molar refractivity (Wildman–Crippen MR) is 76.3 cm³/mol. The molecule has 0 aliphatic rings. The van der Waals surface area contributed by atoms with E-state index in [-0.39, 0.29) is 6.29 Å². The second kappa shape index (κ2) is 8.24. The third-order valence-electron chi connectivity index (χ3n) is 2.97. The minimum Gasteiger partial charge on any atom is -0.385 e. The van der Waals surface area contributed by atoms with E-state index in [9.17, 15) is 13.2 Å². The maximum absolute atomic E-state index is 12.7. The highest BCUT2D eigenvalue weighted by atomic mass is 19.4. The second-order valence-corrected chi connectivity index (χ2v) is 4.58. The van der Waals surface area contributed by atoms with Crippen molar-refractivity contribution in [3.63, 3.8) is 0 Å². The van der Waals surface area contributed by atoms with Crippen molar-refractivity contribution >= 4 is 5.69 Å². The molecule has 0 saturated heterocycles. The van der Waals surface area contributed by atoms with Gasteiger partial charge in [-0.3, -0.25) is 0 Å². The Hall–Kier alpha value is -1.27. The van der Waals surface area contributed by atoms with E-state index in [0.29, 0.717) is 31.9 Å². The van der Waals surface area contributed by atoms with E-state index in [1.807, 2.05) is 13.8 Å². The maximum atomic E-state index is 12.7. The van der Waals surface area contributed by atoms with Crippen LogP contribution in [-0.2, 0) is 15.7 Å². The molecule has 0 saturated carbocycles. The van der Waals surface area contributed by atoms with Gasteiger partial charge in [-0.15, -0.1) is 0 Å². The number of aryl methyl sites for hydroxylation is 1. The smallest absolute Gasteiger partial charge is 0.385 e. The third-order valence-corrected chi connectivity index (χ3v) is 2.97. The SMILES string of the molecule is CCOC(CCNc1cc(C(F)(F)F)ccc1C)OCC. The van der Waals surface area contributed by atoms with Crippen molar-refractivity contribution < 1.29 is 22.6 Å². The number of anilines is 1. The minimum absolute atomic E-state index is 0.335. The molecule has 0 heterocycles. The molecule has 1 N–H and O–H groups in total. The van der Waals surface area contributed by atoms with Crippen LogP contribution in [0.2, 0.25) is 0 Å². The Labute approximate surface area is 123 Å². The number of ether oxygens (including phenoxy) is 2. The number of rotatable bonds is 8. The zero-order valence-corrected chi connectivity index (χ0v) is 12.6. The molecule has 0 fully saturated rings. The number of benzene rings is 1. The summed E-state index contributed by atoms with van der Waals surface area (Å²) in [6.07, 6.45) is -4.10. The summed E-state index contributed by atoms with van der Waals surface area (Å²) in [7, 11) is 0. The van der Waals surface area contributed by atoms with Crippen molar-refractivity contribution in [1.29, 1.82) is 0 Å². The van der Waals surface area contributed by atoms with Gasteiger partial charge in [-0.25, -0.2) is 0 Å². The number of halogens is 3.